The number of hydrogen-bond donors (Lipinski definition) is 1. The lowest BCUT2D eigenvalue weighted by Gasteiger charge is -2.12. The number of nitrogens with two attached hydrogens (primary N) is 1. The molecule has 5 heteroatoms. The molecule has 2 rings (SSSR count). The fourth-order valence-corrected chi connectivity index (χ4v) is 2.17. The van der Waals surface area contributed by atoms with E-state index in [0.29, 0.717) is 11.6 Å². The van der Waals surface area contributed by atoms with Crippen molar-refractivity contribution in [3.05, 3.63) is 63.6 Å². The molecule has 0 fully saturated rings. The fourth-order valence-electron chi connectivity index (χ4n) is 1.62. The third kappa shape index (κ3) is 3.40. The minimum Gasteiger partial charge on any atom is -0.486 e. The van der Waals surface area contributed by atoms with Crippen molar-refractivity contribution < 1.29 is 9.53 Å². The minimum absolute atomic E-state index is 0.174. The van der Waals surface area contributed by atoms with Gasteiger partial charge in [0.15, 0.2) is 5.75 Å². The molecular weight excluding hydrogens is 285 g/mol. The predicted molar refractivity (Wildman–Crippen MR) is 75.8 cm³/mol. The number of primary amides is 1. The van der Waals surface area contributed by atoms with E-state index in [4.69, 9.17) is 33.7 Å². The summed E-state index contributed by atoms with van der Waals surface area (Å²) in [4.78, 5) is 11.4. The lowest BCUT2D eigenvalue weighted by Crippen LogP contribution is -2.13. The van der Waals surface area contributed by atoms with Crippen LogP contribution in [0.2, 0.25) is 10.0 Å². The molecule has 2 aromatic rings. The van der Waals surface area contributed by atoms with Crippen molar-refractivity contribution >= 4 is 29.1 Å². The highest BCUT2D eigenvalue weighted by Crippen LogP contribution is 2.32. The molecule has 0 unspecified atom stereocenters. The van der Waals surface area contributed by atoms with Crippen molar-refractivity contribution in [2.45, 2.75) is 6.61 Å². The van der Waals surface area contributed by atoms with E-state index in [0.717, 1.165) is 5.56 Å². The first kappa shape index (κ1) is 13.7. The molecule has 0 aliphatic heterocycles. The van der Waals surface area contributed by atoms with Gasteiger partial charge in [0, 0.05) is 5.02 Å². The summed E-state index contributed by atoms with van der Waals surface area (Å²) in [5, 5.41) is 0.600. The molecule has 0 spiro atoms. The third-order valence-electron chi connectivity index (χ3n) is 2.50. The van der Waals surface area contributed by atoms with Gasteiger partial charge in [-0.25, -0.2) is 0 Å². The van der Waals surface area contributed by atoms with Crippen LogP contribution in [0.4, 0.5) is 0 Å². The summed E-state index contributed by atoms with van der Waals surface area (Å²) in [6.45, 7) is 0.294. The summed E-state index contributed by atoms with van der Waals surface area (Å²) in [6.07, 6.45) is 0. The van der Waals surface area contributed by atoms with Gasteiger partial charge < -0.3 is 10.5 Å². The Kier molecular flexibility index (Phi) is 4.30. The van der Waals surface area contributed by atoms with Gasteiger partial charge >= 0.3 is 0 Å². The lowest BCUT2D eigenvalue weighted by molar-refractivity contribution is 0.0996. The number of hydrogen-bond acceptors (Lipinski definition) is 2. The summed E-state index contributed by atoms with van der Waals surface area (Å²) in [5.41, 5.74) is 6.42. The van der Waals surface area contributed by atoms with Crippen molar-refractivity contribution in [1.82, 2.24) is 0 Å². The summed E-state index contributed by atoms with van der Waals surface area (Å²) >= 11 is 11.9. The predicted octanol–water partition coefficient (Wildman–Crippen LogP) is 3.67. The number of halogens is 2. The maximum absolute atomic E-state index is 11.4. The Morgan fingerprint density at radius 2 is 1.84 bits per heavy atom. The molecule has 0 bridgehead atoms. The van der Waals surface area contributed by atoms with Crippen LogP contribution in [0.25, 0.3) is 0 Å². The second kappa shape index (κ2) is 5.95. The smallest absolute Gasteiger partial charge is 0.252 e. The molecule has 0 heterocycles. The maximum atomic E-state index is 11.4. The van der Waals surface area contributed by atoms with Gasteiger partial charge in [0.05, 0.1) is 10.6 Å². The molecule has 98 valence electrons. The summed E-state index contributed by atoms with van der Waals surface area (Å²) in [6, 6.07) is 12.5. The molecule has 0 radical (unpaired) electrons. The SMILES string of the molecule is NC(=O)c1cc(Cl)cc(Cl)c1OCc1ccccc1. The second-order valence-corrected chi connectivity index (χ2v) is 4.75. The van der Waals surface area contributed by atoms with Crippen LogP contribution in [0, 0.1) is 0 Å². The molecule has 1 amide bonds. The van der Waals surface area contributed by atoms with Crippen LogP contribution in [0.5, 0.6) is 5.75 Å². The van der Waals surface area contributed by atoms with Crippen molar-refractivity contribution in [2.75, 3.05) is 0 Å². The Labute approximate surface area is 120 Å². The normalized spacial score (nSPS) is 10.2. The summed E-state index contributed by atoms with van der Waals surface area (Å²) < 4.78 is 5.58. The van der Waals surface area contributed by atoms with Gasteiger partial charge in [0.25, 0.3) is 5.91 Å². The van der Waals surface area contributed by atoms with Crippen molar-refractivity contribution in [3.8, 4) is 5.75 Å². The zero-order chi connectivity index (χ0) is 13.8. The van der Waals surface area contributed by atoms with Crippen LogP contribution >= 0.6 is 23.2 Å². The van der Waals surface area contributed by atoms with Crippen molar-refractivity contribution in [2.24, 2.45) is 5.73 Å². The zero-order valence-corrected chi connectivity index (χ0v) is 11.4. The molecule has 3 nitrogen and oxygen atoms in total. The van der Waals surface area contributed by atoms with Gasteiger partial charge in [-0.2, -0.15) is 0 Å². The molecule has 2 aromatic carbocycles. The molecule has 0 saturated heterocycles. The molecule has 0 aliphatic rings. The van der Waals surface area contributed by atoms with E-state index in [9.17, 15) is 4.79 Å². The van der Waals surface area contributed by atoms with Crippen LogP contribution in [-0.2, 0) is 6.61 Å². The number of carbonyl (C=O) groups is 1. The number of rotatable bonds is 4. The van der Waals surface area contributed by atoms with E-state index in [-0.39, 0.29) is 16.3 Å². The number of ether oxygens (including phenoxy) is 1. The van der Waals surface area contributed by atoms with Crippen LogP contribution in [0.3, 0.4) is 0 Å². The minimum atomic E-state index is -0.632. The van der Waals surface area contributed by atoms with Crippen molar-refractivity contribution in [1.29, 1.82) is 0 Å². The molecule has 0 aliphatic carbocycles. The van der Waals surface area contributed by atoms with E-state index in [1.54, 1.807) is 0 Å². The van der Waals surface area contributed by atoms with Gasteiger partial charge in [0.1, 0.15) is 6.61 Å². The van der Waals surface area contributed by atoms with E-state index in [2.05, 4.69) is 0 Å². The monoisotopic (exact) mass is 295 g/mol. The standard InChI is InChI=1S/C14H11Cl2NO2/c15-10-6-11(14(17)18)13(12(16)7-10)19-8-9-4-2-1-3-5-9/h1-7H,8H2,(H2,17,18). The quantitative estimate of drug-likeness (QED) is 0.935. The average Bonchev–Trinajstić information content (AvgIpc) is 2.38. The van der Waals surface area contributed by atoms with Gasteiger partial charge in [0.2, 0.25) is 0 Å². The Balaban J connectivity index is 2.27. The Morgan fingerprint density at radius 3 is 2.47 bits per heavy atom. The summed E-state index contributed by atoms with van der Waals surface area (Å²) in [7, 11) is 0. The van der Waals surface area contributed by atoms with Gasteiger partial charge in [-0.05, 0) is 17.7 Å². The highest BCUT2D eigenvalue weighted by atomic mass is 35.5. The van der Waals surface area contributed by atoms with Crippen LogP contribution in [0.1, 0.15) is 15.9 Å². The van der Waals surface area contributed by atoms with Crippen LogP contribution in [-0.4, -0.2) is 5.91 Å². The Hall–Kier alpha value is -1.71. The topological polar surface area (TPSA) is 52.3 Å². The highest BCUT2D eigenvalue weighted by molar-refractivity contribution is 6.36. The van der Waals surface area contributed by atoms with Gasteiger partial charge in [-0.15, -0.1) is 0 Å². The molecule has 0 atom stereocenters. The highest BCUT2D eigenvalue weighted by Gasteiger charge is 2.15. The maximum Gasteiger partial charge on any atom is 0.252 e. The van der Waals surface area contributed by atoms with Crippen LogP contribution < -0.4 is 10.5 Å². The first-order chi connectivity index (χ1) is 9.08. The largest absolute Gasteiger partial charge is 0.486 e. The summed E-state index contributed by atoms with van der Waals surface area (Å²) in [5.74, 6) is -0.380. The Bertz CT molecular complexity index is 600. The van der Waals surface area contributed by atoms with E-state index < -0.39 is 5.91 Å². The number of benzene rings is 2. The fraction of sp³-hybridized carbons (Fsp3) is 0.0714. The first-order valence-electron chi connectivity index (χ1n) is 5.53. The van der Waals surface area contributed by atoms with Gasteiger partial charge in [-0.1, -0.05) is 53.5 Å². The van der Waals surface area contributed by atoms with E-state index >= 15 is 0 Å². The lowest BCUT2D eigenvalue weighted by atomic mass is 10.2. The molecule has 0 aromatic heterocycles. The molecular formula is C14H11Cl2NO2. The van der Waals surface area contributed by atoms with E-state index in [1.165, 1.54) is 12.1 Å². The van der Waals surface area contributed by atoms with Crippen molar-refractivity contribution in [3.63, 3.8) is 0 Å². The number of amides is 1. The molecule has 19 heavy (non-hydrogen) atoms. The molecule has 0 saturated carbocycles. The van der Waals surface area contributed by atoms with Gasteiger partial charge in [-0.3, -0.25) is 4.79 Å². The third-order valence-corrected chi connectivity index (χ3v) is 3.00. The van der Waals surface area contributed by atoms with Crippen LogP contribution in [0.15, 0.2) is 42.5 Å². The average molecular weight is 296 g/mol. The first-order valence-corrected chi connectivity index (χ1v) is 6.29. The number of carbonyl (C=O) groups excluding carboxylic acids is 1. The molecule has 2 N–H and O–H groups in total. The second-order valence-electron chi connectivity index (χ2n) is 3.90. The zero-order valence-electron chi connectivity index (χ0n) is 9.90. The van der Waals surface area contributed by atoms with E-state index in [1.807, 2.05) is 30.3 Å². The Morgan fingerprint density at radius 1 is 1.16 bits per heavy atom.